The van der Waals surface area contributed by atoms with Gasteiger partial charge in [0.25, 0.3) is 0 Å². The standard InChI is InChI=1S/C29H30BrN3O4/c1-4-33(5-2)17-22-24(18-9-7-6-8-10-18)29(19-11-13-20(30)14-12-19)28(35,26(22)34)25-23(37-29)15-21(16-31)32-27(25)36-3/h6-15,22,24,26,34-35H,4-5,17H2,1-3H3/t22-,24-,26-,28+,29+/m1/s1. The molecular weight excluding hydrogens is 534 g/mol. The maximum absolute atomic E-state index is 12.9. The lowest BCUT2D eigenvalue weighted by atomic mass is 9.71. The first-order chi connectivity index (χ1) is 17.8. The van der Waals surface area contributed by atoms with Crippen LogP contribution in [0.15, 0.2) is 65.1 Å². The number of hydrogen-bond acceptors (Lipinski definition) is 7. The van der Waals surface area contributed by atoms with E-state index in [1.807, 2.05) is 60.7 Å². The number of fused-ring (bicyclic) bond motifs is 3. The van der Waals surface area contributed by atoms with Crippen LogP contribution in [-0.4, -0.2) is 52.9 Å². The minimum atomic E-state index is -1.90. The summed E-state index contributed by atoms with van der Waals surface area (Å²) < 4.78 is 13.3. The van der Waals surface area contributed by atoms with Gasteiger partial charge in [0.2, 0.25) is 5.88 Å². The number of pyridine rings is 1. The number of hydrogen-bond donors (Lipinski definition) is 2. The molecule has 7 nitrogen and oxygen atoms in total. The Labute approximate surface area is 225 Å². The summed E-state index contributed by atoms with van der Waals surface area (Å²) in [5.41, 5.74) is -1.27. The highest BCUT2D eigenvalue weighted by atomic mass is 79.9. The summed E-state index contributed by atoms with van der Waals surface area (Å²) in [4.78, 5) is 6.57. The molecule has 0 saturated heterocycles. The number of aliphatic hydroxyl groups is 2. The zero-order chi connectivity index (χ0) is 26.4. The Morgan fingerprint density at radius 2 is 1.81 bits per heavy atom. The van der Waals surface area contributed by atoms with Crippen molar-refractivity contribution >= 4 is 15.9 Å². The second kappa shape index (κ2) is 9.73. The lowest BCUT2D eigenvalue weighted by Crippen LogP contribution is -2.52. The number of nitrogens with zero attached hydrogens (tertiary/aromatic N) is 3. The van der Waals surface area contributed by atoms with Crippen LogP contribution in [-0.2, 0) is 11.2 Å². The third kappa shape index (κ3) is 3.68. The monoisotopic (exact) mass is 563 g/mol. The molecule has 3 aromatic rings. The molecule has 1 saturated carbocycles. The van der Waals surface area contributed by atoms with Gasteiger partial charge in [0.1, 0.15) is 17.5 Å². The zero-order valence-electron chi connectivity index (χ0n) is 21.1. The van der Waals surface area contributed by atoms with Gasteiger partial charge in [-0.2, -0.15) is 5.26 Å². The summed E-state index contributed by atoms with van der Waals surface area (Å²) in [7, 11) is 1.44. The van der Waals surface area contributed by atoms with Gasteiger partial charge in [-0.15, -0.1) is 0 Å². The smallest absolute Gasteiger partial charge is 0.224 e. The third-order valence-corrected chi connectivity index (χ3v) is 8.50. The Morgan fingerprint density at radius 3 is 2.41 bits per heavy atom. The summed E-state index contributed by atoms with van der Waals surface area (Å²) >= 11 is 3.52. The first-order valence-electron chi connectivity index (χ1n) is 12.5. The van der Waals surface area contributed by atoms with E-state index >= 15 is 0 Å². The van der Waals surface area contributed by atoms with Gasteiger partial charge in [0.15, 0.2) is 11.2 Å². The van der Waals surface area contributed by atoms with Crippen LogP contribution in [0.1, 0.15) is 42.1 Å². The van der Waals surface area contributed by atoms with E-state index < -0.39 is 23.2 Å². The molecule has 0 bridgehead atoms. The normalized spacial score (nSPS) is 27.9. The fraction of sp³-hybridized carbons (Fsp3) is 0.379. The van der Waals surface area contributed by atoms with Crippen LogP contribution in [0.25, 0.3) is 0 Å². The van der Waals surface area contributed by atoms with E-state index in [0.29, 0.717) is 12.1 Å². The SMILES string of the molecule is CCN(CC)C[C@H]1[C@@H](O)[C@@]2(O)c3c(cc(C#N)nc3OC)O[C@@]2(c2ccc(Br)cc2)[C@@H]1c1ccccc1. The largest absolute Gasteiger partial charge is 0.481 e. The van der Waals surface area contributed by atoms with Gasteiger partial charge in [0, 0.05) is 28.9 Å². The van der Waals surface area contributed by atoms with E-state index in [1.54, 1.807) is 0 Å². The van der Waals surface area contributed by atoms with Crippen molar-refractivity contribution in [3.8, 4) is 17.7 Å². The summed E-state index contributed by atoms with van der Waals surface area (Å²) in [5, 5.41) is 34.6. The minimum absolute atomic E-state index is 0.0740. The molecule has 8 heteroatoms. The van der Waals surface area contributed by atoms with Gasteiger partial charge in [-0.25, -0.2) is 4.98 Å². The van der Waals surface area contributed by atoms with Crippen molar-refractivity contribution in [2.24, 2.45) is 5.92 Å². The predicted molar refractivity (Wildman–Crippen MR) is 142 cm³/mol. The molecule has 1 aliphatic carbocycles. The molecular formula is C29H30BrN3O4. The van der Waals surface area contributed by atoms with E-state index in [2.05, 4.69) is 39.7 Å². The number of aliphatic hydroxyl groups excluding tert-OH is 1. The molecule has 2 aromatic carbocycles. The summed E-state index contributed by atoms with van der Waals surface area (Å²) in [6, 6.07) is 21.1. The average Bonchev–Trinajstić information content (AvgIpc) is 3.29. The molecule has 2 aliphatic rings. The van der Waals surface area contributed by atoms with Crippen molar-refractivity contribution in [1.82, 2.24) is 9.88 Å². The fourth-order valence-corrected chi connectivity index (χ4v) is 6.58. The molecule has 0 unspecified atom stereocenters. The molecule has 37 heavy (non-hydrogen) atoms. The van der Waals surface area contributed by atoms with E-state index in [1.165, 1.54) is 13.2 Å². The summed E-state index contributed by atoms with van der Waals surface area (Å²) in [6.07, 6.45) is -1.22. The Bertz CT molecular complexity index is 1330. The van der Waals surface area contributed by atoms with Crippen molar-refractivity contribution in [1.29, 1.82) is 5.26 Å². The molecule has 2 N–H and O–H groups in total. The first-order valence-corrected chi connectivity index (χ1v) is 13.3. The lowest BCUT2D eigenvalue weighted by molar-refractivity contribution is -0.152. The van der Waals surface area contributed by atoms with Crippen molar-refractivity contribution < 1.29 is 19.7 Å². The molecule has 1 fully saturated rings. The minimum Gasteiger partial charge on any atom is -0.481 e. The topological polar surface area (TPSA) is 98.8 Å². The van der Waals surface area contributed by atoms with Gasteiger partial charge >= 0.3 is 0 Å². The van der Waals surface area contributed by atoms with Crippen LogP contribution in [0, 0.1) is 17.2 Å². The summed E-state index contributed by atoms with van der Waals surface area (Å²) in [6.45, 7) is 6.34. The van der Waals surface area contributed by atoms with E-state index in [4.69, 9.17) is 9.47 Å². The van der Waals surface area contributed by atoms with E-state index in [9.17, 15) is 15.5 Å². The second-order valence-corrected chi connectivity index (χ2v) is 10.5. The number of methoxy groups -OCH3 is 1. The number of nitriles is 1. The Kier molecular flexibility index (Phi) is 6.75. The molecule has 5 rings (SSSR count). The van der Waals surface area contributed by atoms with Gasteiger partial charge in [-0.1, -0.05) is 72.2 Å². The number of aromatic nitrogens is 1. The molecule has 192 valence electrons. The molecule has 5 atom stereocenters. The number of ether oxygens (including phenoxy) is 2. The van der Waals surface area contributed by atoms with Gasteiger partial charge in [0.05, 0.1) is 18.8 Å². The van der Waals surface area contributed by atoms with Crippen molar-refractivity contribution in [3.63, 3.8) is 0 Å². The number of benzene rings is 2. The lowest BCUT2D eigenvalue weighted by Gasteiger charge is -2.41. The maximum Gasteiger partial charge on any atom is 0.224 e. The average molecular weight is 564 g/mol. The summed E-state index contributed by atoms with van der Waals surface area (Å²) in [5.74, 6) is -0.456. The molecule has 2 heterocycles. The van der Waals surface area contributed by atoms with Gasteiger partial charge in [-0.05, 0) is 36.3 Å². The Balaban J connectivity index is 1.85. The highest BCUT2D eigenvalue weighted by molar-refractivity contribution is 9.10. The maximum atomic E-state index is 12.9. The van der Waals surface area contributed by atoms with Crippen LogP contribution in [0.3, 0.4) is 0 Å². The van der Waals surface area contributed by atoms with Crippen LogP contribution in [0.4, 0.5) is 0 Å². The van der Waals surface area contributed by atoms with E-state index in [-0.39, 0.29) is 28.8 Å². The molecule has 1 aliphatic heterocycles. The van der Waals surface area contributed by atoms with Crippen molar-refractivity contribution in [3.05, 3.63) is 87.5 Å². The quantitative estimate of drug-likeness (QED) is 0.441. The third-order valence-electron chi connectivity index (χ3n) is 7.97. The molecule has 1 aromatic heterocycles. The Hall–Kier alpha value is -2.96. The van der Waals surface area contributed by atoms with Crippen LogP contribution in [0.5, 0.6) is 11.6 Å². The second-order valence-electron chi connectivity index (χ2n) is 9.60. The van der Waals surface area contributed by atoms with Crippen LogP contribution >= 0.6 is 15.9 Å². The van der Waals surface area contributed by atoms with Crippen LogP contribution in [0.2, 0.25) is 0 Å². The highest BCUT2D eigenvalue weighted by Gasteiger charge is 2.77. The zero-order valence-corrected chi connectivity index (χ0v) is 22.6. The van der Waals surface area contributed by atoms with Gasteiger partial charge in [-0.3, -0.25) is 0 Å². The van der Waals surface area contributed by atoms with Crippen molar-refractivity contribution in [2.45, 2.75) is 37.1 Å². The van der Waals surface area contributed by atoms with Crippen molar-refractivity contribution in [2.75, 3.05) is 26.7 Å². The fourth-order valence-electron chi connectivity index (χ4n) is 6.32. The van der Waals surface area contributed by atoms with Crippen LogP contribution < -0.4 is 9.47 Å². The molecule has 0 spiro atoms. The molecule has 0 amide bonds. The first kappa shape index (κ1) is 25.7. The highest BCUT2D eigenvalue weighted by Crippen LogP contribution is 2.69. The number of rotatable bonds is 7. The van der Waals surface area contributed by atoms with Gasteiger partial charge < -0.3 is 24.6 Å². The Morgan fingerprint density at radius 1 is 1.14 bits per heavy atom. The number of halogens is 1. The predicted octanol–water partition coefficient (Wildman–Crippen LogP) is 4.32. The van der Waals surface area contributed by atoms with E-state index in [0.717, 1.165) is 23.1 Å². The molecule has 0 radical (unpaired) electrons.